The third kappa shape index (κ3) is 2.25. The summed E-state index contributed by atoms with van der Waals surface area (Å²) in [6.07, 6.45) is 0.807. The van der Waals surface area contributed by atoms with Crippen LogP contribution in [0.4, 0.5) is 4.79 Å². The third-order valence-corrected chi connectivity index (χ3v) is 2.45. The first-order valence-corrected chi connectivity index (χ1v) is 4.93. The van der Waals surface area contributed by atoms with Crippen molar-refractivity contribution in [2.24, 2.45) is 5.92 Å². The molecule has 0 aromatic heterocycles. The van der Waals surface area contributed by atoms with E-state index in [2.05, 4.69) is 4.74 Å². The van der Waals surface area contributed by atoms with E-state index < -0.39 is 0 Å². The van der Waals surface area contributed by atoms with Crippen molar-refractivity contribution < 1.29 is 14.3 Å². The van der Waals surface area contributed by atoms with Crippen LogP contribution in [0.3, 0.4) is 0 Å². The van der Waals surface area contributed by atoms with Gasteiger partial charge < -0.3 is 4.74 Å². The van der Waals surface area contributed by atoms with Crippen molar-refractivity contribution in [1.29, 1.82) is 0 Å². The number of carbonyl (C=O) groups excluding carboxylic acids is 2. The summed E-state index contributed by atoms with van der Waals surface area (Å²) in [5.41, 5.74) is 0. The van der Waals surface area contributed by atoms with Gasteiger partial charge in [0, 0.05) is 13.0 Å². The number of hydrogen-bond donors (Lipinski definition) is 0. The summed E-state index contributed by atoms with van der Waals surface area (Å²) in [6, 6.07) is -0.262. The summed E-state index contributed by atoms with van der Waals surface area (Å²) in [7, 11) is 1.34. The second-order valence-corrected chi connectivity index (χ2v) is 4.03. The van der Waals surface area contributed by atoms with Crippen molar-refractivity contribution in [2.75, 3.05) is 13.7 Å². The minimum absolute atomic E-state index is 0.157. The van der Waals surface area contributed by atoms with Crippen LogP contribution in [0.15, 0.2) is 0 Å². The Hall–Kier alpha value is -1.06. The predicted molar refractivity (Wildman–Crippen MR) is 52.0 cm³/mol. The standard InChI is InChI=1S/C10H17NO3/c1-7(2)6-8-9(12)4-5-11(8)10(13)14-3/h7-8H,4-6H2,1-3H3. The summed E-state index contributed by atoms with van der Waals surface area (Å²) >= 11 is 0. The van der Waals surface area contributed by atoms with Crippen LogP contribution in [0.5, 0.6) is 0 Å². The molecule has 1 rings (SSSR count). The van der Waals surface area contributed by atoms with Gasteiger partial charge in [-0.15, -0.1) is 0 Å². The molecule has 0 bridgehead atoms. The molecule has 1 atom stereocenters. The number of carbonyl (C=O) groups is 2. The second kappa shape index (κ2) is 4.44. The normalized spacial score (nSPS) is 21.9. The van der Waals surface area contributed by atoms with Gasteiger partial charge in [-0.05, 0) is 12.3 Å². The Morgan fingerprint density at radius 3 is 2.79 bits per heavy atom. The Labute approximate surface area is 84.2 Å². The minimum atomic E-state index is -0.387. The van der Waals surface area contributed by atoms with Crippen LogP contribution in [0.1, 0.15) is 26.7 Å². The van der Waals surface area contributed by atoms with E-state index in [1.165, 1.54) is 12.0 Å². The lowest BCUT2D eigenvalue weighted by atomic mass is 10.0. The van der Waals surface area contributed by atoms with Crippen LogP contribution >= 0.6 is 0 Å². The molecular formula is C10H17NO3. The number of methoxy groups -OCH3 is 1. The van der Waals surface area contributed by atoms with E-state index in [1.54, 1.807) is 0 Å². The summed E-state index contributed by atoms with van der Waals surface area (Å²) in [5.74, 6) is 0.568. The fourth-order valence-corrected chi connectivity index (χ4v) is 1.77. The molecule has 1 aliphatic rings. The maximum Gasteiger partial charge on any atom is 0.410 e. The Kier molecular flexibility index (Phi) is 3.49. The Balaban J connectivity index is 2.66. The minimum Gasteiger partial charge on any atom is -0.453 e. The van der Waals surface area contributed by atoms with Crippen molar-refractivity contribution in [3.8, 4) is 0 Å². The van der Waals surface area contributed by atoms with Crippen LogP contribution in [-0.2, 0) is 9.53 Å². The van der Waals surface area contributed by atoms with Gasteiger partial charge in [-0.25, -0.2) is 4.79 Å². The zero-order valence-electron chi connectivity index (χ0n) is 8.95. The van der Waals surface area contributed by atoms with Gasteiger partial charge in [0.05, 0.1) is 13.2 Å². The van der Waals surface area contributed by atoms with Gasteiger partial charge in [-0.2, -0.15) is 0 Å². The summed E-state index contributed by atoms with van der Waals surface area (Å²) in [5, 5.41) is 0. The lowest BCUT2D eigenvalue weighted by molar-refractivity contribution is -0.120. The van der Waals surface area contributed by atoms with Gasteiger partial charge in [0.2, 0.25) is 0 Å². The van der Waals surface area contributed by atoms with Crippen LogP contribution in [0, 0.1) is 5.92 Å². The Morgan fingerprint density at radius 1 is 1.64 bits per heavy atom. The highest BCUT2D eigenvalue weighted by molar-refractivity contribution is 5.90. The van der Waals surface area contributed by atoms with Crippen molar-refractivity contribution in [2.45, 2.75) is 32.7 Å². The molecule has 0 N–H and O–H groups in total. The summed E-state index contributed by atoms with van der Waals surface area (Å²) < 4.78 is 4.63. The zero-order valence-corrected chi connectivity index (χ0v) is 8.95. The van der Waals surface area contributed by atoms with Crippen molar-refractivity contribution >= 4 is 11.9 Å². The van der Waals surface area contributed by atoms with E-state index in [9.17, 15) is 9.59 Å². The number of likely N-dealkylation sites (tertiary alicyclic amines) is 1. The van der Waals surface area contributed by atoms with E-state index in [0.717, 1.165) is 6.42 Å². The van der Waals surface area contributed by atoms with E-state index in [-0.39, 0.29) is 17.9 Å². The number of amides is 1. The van der Waals surface area contributed by atoms with E-state index in [0.29, 0.717) is 18.9 Å². The van der Waals surface area contributed by atoms with Gasteiger partial charge in [0.25, 0.3) is 0 Å². The molecule has 0 saturated carbocycles. The van der Waals surface area contributed by atoms with Gasteiger partial charge in [-0.1, -0.05) is 13.8 Å². The first-order valence-electron chi connectivity index (χ1n) is 4.93. The van der Waals surface area contributed by atoms with Crippen molar-refractivity contribution in [3.05, 3.63) is 0 Å². The number of rotatable bonds is 2. The molecule has 0 spiro atoms. The molecule has 4 heteroatoms. The molecule has 0 aromatic rings. The van der Waals surface area contributed by atoms with Gasteiger partial charge in [0.15, 0.2) is 5.78 Å². The maximum atomic E-state index is 11.5. The molecule has 0 aliphatic carbocycles. The van der Waals surface area contributed by atoms with Gasteiger partial charge in [-0.3, -0.25) is 9.69 Å². The van der Waals surface area contributed by atoms with Crippen LogP contribution in [0.2, 0.25) is 0 Å². The Morgan fingerprint density at radius 2 is 2.29 bits per heavy atom. The van der Waals surface area contributed by atoms with Crippen LogP contribution in [-0.4, -0.2) is 36.5 Å². The molecule has 1 heterocycles. The number of Topliss-reactive ketones (excluding diaryl/α,β-unsaturated/α-hetero) is 1. The number of nitrogens with zero attached hydrogens (tertiary/aromatic N) is 1. The average molecular weight is 199 g/mol. The topological polar surface area (TPSA) is 46.6 Å². The van der Waals surface area contributed by atoms with Crippen LogP contribution in [0.25, 0.3) is 0 Å². The lowest BCUT2D eigenvalue weighted by Gasteiger charge is -2.23. The number of ether oxygens (including phenoxy) is 1. The molecule has 14 heavy (non-hydrogen) atoms. The molecule has 1 unspecified atom stereocenters. The molecule has 1 saturated heterocycles. The first-order chi connectivity index (χ1) is 6.56. The highest BCUT2D eigenvalue weighted by Crippen LogP contribution is 2.21. The molecule has 0 radical (unpaired) electrons. The van der Waals surface area contributed by atoms with Crippen molar-refractivity contribution in [3.63, 3.8) is 0 Å². The molecule has 80 valence electrons. The molecular weight excluding hydrogens is 182 g/mol. The molecule has 4 nitrogen and oxygen atoms in total. The fourth-order valence-electron chi connectivity index (χ4n) is 1.77. The fraction of sp³-hybridized carbons (Fsp3) is 0.800. The third-order valence-electron chi connectivity index (χ3n) is 2.45. The molecule has 1 aliphatic heterocycles. The van der Waals surface area contributed by atoms with E-state index in [1.807, 2.05) is 13.8 Å². The highest BCUT2D eigenvalue weighted by atomic mass is 16.5. The maximum absolute atomic E-state index is 11.5. The summed E-state index contributed by atoms with van der Waals surface area (Å²) in [4.78, 5) is 24.3. The van der Waals surface area contributed by atoms with Gasteiger partial charge >= 0.3 is 6.09 Å². The summed E-state index contributed by atoms with van der Waals surface area (Å²) in [6.45, 7) is 4.59. The van der Waals surface area contributed by atoms with Gasteiger partial charge in [0.1, 0.15) is 0 Å². The second-order valence-electron chi connectivity index (χ2n) is 4.03. The van der Waals surface area contributed by atoms with Crippen LogP contribution < -0.4 is 0 Å². The largest absolute Gasteiger partial charge is 0.453 e. The number of ketones is 1. The lowest BCUT2D eigenvalue weighted by Crippen LogP contribution is -2.38. The SMILES string of the molecule is COC(=O)N1CCC(=O)C1CC(C)C. The molecule has 0 aromatic carbocycles. The monoisotopic (exact) mass is 199 g/mol. The quantitative estimate of drug-likeness (QED) is 0.676. The zero-order chi connectivity index (χ0) is 10.7. The van der Waals surface area contributed by atoms with E-state index in [4.69, 9.17) is 0 Å². The predicted octanol–water partition coefficient (Wildman–Crippen LogP) is 1.44. The molecule has 1 amide bonds. The smallest absolute Gasteiger partial charge is 0.410 e. The van der Waals surface area contributed by atoms with Crippen molar-refractivity contribution in [1.82, 2.24) is 4.90 Å². The Bertz CT molecular complexity index is 238. The average Bonchev–Trinajstić information content (AvgIpc) is 2.46. The highest BCUT2D eigenvalue weighted by Gasteiger charge is 2.36. The first kappa shape index (κ1) is 11.0. The molecule has 1 fully saturated rings. The van der Waals surface area contributed by atoms with E-state index >= 15 is 0 Å². The number of hydrogen-bond acceptors (Lipinski definition) is 3.